The van der Waals surface area contributed by atoms with Crippen molar-refractivity contribution in [1.82, 2.24) is 0 Å². The van der Waals surface area contributed by atoms with Crippen molar-refractivity contribution in [2.24, 2.45) is 0 Å². The molecule has 0 saturated carbocycles. The van der Waals surface area contributed by atoms with Crippen molar-refractivity contribution in [3.63, 3.8) is 0 Å². The van der Waals surface area contributed by atoms with Crippen molar-refractivity contribution in [2.75, 3.05) is 0 Å². The van der Waals surface area contributed by atoms with Crippen molar-refractivity contribution >= 4 is 43.4 Å². The third-order valence-electron chi connectivity index (χ3n) is 4.01. The number of carbonyl (C=O) groups excluding carboxylic acids is 2. The molecule has 28 heavy (non-hydrogen) atoms. The first-order chi connectivity index (χ1) is 13.2. The minimum Gasteiger partial charge on any atom is -0.423 e. The third kappa shape index (κ3) is 3.38. The van der Waals surface area contributed by atoms with Crippen molar-refractivity contribution in [3.8, 4) is 11.5 Å². The molecule has 0 aliphatic rings. The van der Waals surface area contributed by atoms with Crippen LogP contribution in [-0.2, 0) is 15.8 Å². The summed E-state index contributed by atoms with van der Waals surface area (Å²) in [6, 6.07) is 5.68. The maximum Gasteiger partial charge on any atom is 0.421 e. The fourth-order valence-corrected chi connectivity index (χ4v) is 4.12. The van der Waals surface area contributed by atoms with E-state index in [9.17, 15) is 22.8 Å². The van der Waals surface area contributed by atoms with Gasteiger partial charge in [-0.25, -0.2) is 9.59 Å². The summed E-state index contributed by atoms with van der Waals surface area (Å²) in [6.45, 7) is 8.16. The van der Waals surface area contributed by atoms with Crippen LogP contribution in [0.1, 0.15) is 11.1 Å². The molecule has 1 heterocycles. The van der Waals surface area contributed by atoms with Gasteiger partial charge in [0, 0.05) is 33.2 Å². The highest BCUT2D eigenvalue weighted by molar-refractivity contribution is 7.26. The van der Waals surface area contributed by atoms with Gasteiger partial charge in [0.1, 0.15) is 17.1 Å². The molecule has 0 spiro atoms. The second kappa shape index (κ2) is 7.12. The van der Waals surface area contributed by atoms with Crippen molar-refractivity contribution < 1.29 is 32.2 Å². The molecule has 0 fully saturated rings. The van der Waals surface area contributed by atoms with Gasteiger partial charge in [0.15, 0.2) is 0 Å². The van der Waals surface area contributed by atoms with Crippen LogP contribution in [0.2, 0.25) is 0 Å². The molecule has 2 aromatic carbocycles. The van der Waals surface area contributed by atoms with Gasteiger partial charge in [0.25, 0.3) is 0 Å². The van der Waals surface area contributed by atoms with Crippen LogP contribution in [0, 0.1) is 6.92 Å². The molecule has 3 aromatic rings. The highest BCUT2D eigenvalue weighted by Crippen LogP contribution is 2.48. The number of thiophene rings is 1. The molecule has 0 radical (unpaired) electrons. The standard InChI is InChI=1S/C20H13F3O4S/c1-4-15(24)26-13-8-6-11-12-7-9-14(27-16(25)5-2)17(20(21,22)23)19(12)28-18(11)10(13)3/h4-9H,1-2H2,3H3. The van der Waals surface area contributed by atoms with Gasteiger partial charge in [0.2, 0.25) is 0 Å². The van der Waals surface area contributed by atoms with Crippen LogP contribution >= 0.6 is 11.3 Å². The molecule has 144 valence electrons. The Morgan fingerprint density at radius 1 is 0.929 bits per heavy atom. The summed E-state index contributed by atoms with van der Waals surface area (Å²) in [4.78, 5) is 22.9. The second-order valence-corrected chi connectivity index (χ2v) is 6.75. The highest BCUT2D eigenvalue weighted by Gasteiger charge is 2.38. The van der Waals surface area contributed by atoms with Crippen molar-refractivity contribution in [1.29, 1.82) is 0 Å². The van der Waals surface area contributed by atoms with E-state index in [4.69, 9.17) is 9.47 Å². The smallest absolute Gasteiger partial charge is 0.421 e. The Labute approximate surface area is 161 Å². The lowest BCUT2D eigenvalue weighted by Crippen LogP contribution is -2.11. The average molecular weight is 406 g/mol. The number of alkyl halides is 3. The largest absolute Gasteiger partial charge is 0.423 e. The summed E-state index contributed by atoms with van der Waals surface area (Å²) in [7, 11) is 0. The van der Waals surface area contributed by atoms with E-state index >= 15 is 0 Å². The lowest BCUT2D eigenvalue weighted by Gasteiger charge is -2.13. The van der Waals surface area contributed by atoms with E-state index in [1.807, 2.05) is 0 Å². The predicted octanol–water partition coefficient (Wildman–Crippen LogP) is 5.56. The zero-order chi connectivity index (χ0) is 20.6. The van der Waals surface area contributed by atoms with Crippen LogP contribution in [-0.4, -0.2) is 11.9 Å². The minimum absolute atomic E-state index is 0.0767. The van der Waals surface area contributed by atoms with Crippen molar-refractivity contribution in [3.05, 3.63) is 60.7 Å². The Bertz CT molecular complexity index is 1140. The van der Waals surface area contributed by atoms with Crippen LogP contribution < -0.4 is 9.47 Å². The quantitative estimate of drug-likeness (QED) is 0.323. The molecule has 1 aromatic heterocycles. The van der Waals surface area contributed by atoms with Crippen LogP contribution in [0.25, 0.3) is 20.2 Å². The molecule has 8 heteroatoms. The molecule has 0 bridgehead atoms. The zero-order valence-electron chi connectivity index (χ0n) is 14.6. The van der Waals surface area contributed by atoms with Gasteiger partial charge < -0.3 is 9.47 Å². The number of hydrogen-bond acceptors (Lipinski definition) is 5. The summed E-state index contributed by atoms with van der Waals surface area (Å²) >= 11 is 0.885. The van der Waals surface area contributed by atoms with E-state index < -0.39 is 29.4 Å². The first-order valence-corrected chi connectivity index (χ1v) is 8.73. The van der Waals surface area contributed by atoms with Crippen LogP contribution in [0.15, 0.2) is 49.6 Å². The summed E-state index contributed by atoms with van der Waals surface area (Å²) in [5.74, 6) is -2.01. The number of esters is 2. The molecular weight excluding hydrogens is 393 g/mol. The monoisotopic (exact) mass is 406 g/mol. The molecule has 0 saturated heterocycles. The van der Waals surface area contributed by atoms with E-state index in [1.165, 1.54) is 12.1 Å². The van der Waals surface area contributed by atoms with Crippen LogP contribution in [0.3, 0.4) is 0 Å². The molecule has 0 aliphatic carbocycles. The molecule has 3 rings (SSSR count). The third-order valence-corrected chi connectivity index (χ3v) is 5.37. The molecule has 0 atom stereocenters. The van der Waals surface area contributed by atoms with Gasteiger partial charge in [0.05, 0.1) is 4.70 Å². The topological polar surface area (TPSA) is 52.6 Å². The lowest BCUT2D eigenvalue weighted by atomic mass is 10.1. The number of carbonyl (C=O) groups is 2. The van der Waals surface area contributed by atoms with Gasteiger partial charge in [-0.15, -0.1) is 11.3 Å². The molecule has 0 amide bonds. The average Bonchev–Trinajstić information content (AvgIpc) is 3.01. The van der Waals surface area contributed by atoms with E-state index in [0.717, 1.165) is 29.6 Å². The molecule has 4 nitrogen and oxygen atoms in total. The highest BCUT2D eigenvalue weighted by atomic mass is 32.1. The van der Waals surface area contributed by atoms with Gasteiger partial charge in [-0.1, -0.05) is 13.2 Å². The van der Waals surface area contributed by atoms with Crippen molar-refractivity contribution in [2.45, 2.75) is 13.1 Å². The SMILES string of the molecule is C=CC(=O)Oc1ccc2c(sc3c(C(F)(F)F)c(OC(=O)C=C)ccc32)c1C. The van der Waals surface area contributed by atoms with Gasteiger partial charge >= 0.3 is 18.1 Å². The normalized spacial score (nSPS) is 11.4. The first-order valence-electron chi connectivity index (χ1n) is 7.92. The van der Waals surface area contributed by atoms with Crippen LogP contribution in [0.4, 0.5) is 13.2 Å². The van der Waals surface area contributed by atoms with Gasteiger partial charge in [-0.2, -0.15) is 13.2 Å². The Morgan fingerprint density at radius 2 is 1.43 bits per heavy atom. The second-order valence-electron chi connectivity index (χ2n) is 5.73. The number of hydrogen-bond donors (Lipinski definition) is 0. The summed E-state index contributed by atoms with van der Waals surface area (Å²) in [5, 5.41) is 0.929. The first kappa shape index (κ1) is 19.6. The summed E-state index contributed by atoms with van der Waals surface area (Å²) < 4.78 is 51.7. The van der Waals surface area contributed by atoms with E-state index in [0.29, 0.717) is 21.0 Å². The zero-order valence-corrected chi connectivity index (χ0v) is 15.4. The number of halogens is 3. The van der Waals surface area contributed by atoms with E-state index in [-0.39, 0.29) is 10.4 Å². The maximum absolute atomic E-state index is 13.8. The van der Waals surface area contributed by atoms with E-state index in [2.05, 4.69) is 13.2 Å². The van der Waals surface area contributed by atoms with Crippen LogP contribution in [0.5, 0.6) is 11.5 Å². The Kier molecular flexibility index (Phi) is 4.99. The molecular formula is C20H13F3O4S. The van der Waals surface area contributed by atoms with Gasteiger partial charge in [-0.05, 0) is 31.2 Å². The summed E-state index contributed by atoms with van der Waals surface area (Å²) in [6.07, 6.45) is -2.96. The Hall–Kier alpha value is -3.13. The minimum atomic E-state index is -4.75. The molecule has 0 unspecified atom stereocenters. The lowest BCUT2D eigenvalue weighted by molar-refractivity contribution is -0.139. The Balaban J connectivity index is 2.30. The molecule has 0 N–H and O–H groups in total. The van der Waals surface area contributed by atoms with Gasteiger partial charge in [-0.3, -0.25) is 0 Å². The maximum atomic E-state index is 13.8. The number of rotatable bonds is 4. The Morgan fingerprint density at radius 3 is 1.96 bits per heavy atom. The number of fused-ring (bicyclic) bond motifs is 3. The number of aryl methyl sites for hydroxylation is 1. The number of ether oxygens (including phenoxy) is 2. The molecule has 0 aliphatic heterocycles. The fourth-order valence-electron chi connectivity index (χ4n) is 2.77. The summed E-state index contributed by atoms with van der Waals surface area (Å²) in [5.41, 5.74) is -0.517. The predicted molar refractivity (Wildman–Crippen MR) is 101 cm³/mol. The number of benzene rings is 2. The fraction of sp³-hybridized carbons (Fsp3) is 0.100. The van der Waals surface area contributed by atoms with E-state index in [1.54, 1.807) is 13.0 Å².